The first-order chi connectivity index (χ1) is 11.2. The first-order valence-electron chi connectivity index (χ1n) is 8.09. The summed E-state index contributed by atoms with van der Waals surface area (Å²) in [4.78, 5) is 19.7. The fourth-order valence-electron chi connectivity index (χ4n) is 2.96. The number of carbonyl (C=O) groups is 1. The van der Waals surface area contributed by atoms with Crippen molar-refractivity contribution in [3.8, 4) is 5.75 Å². The maximum Gasteiger partial charge on any atom is 0.281 e. The average molecular weight is 336 g/mol. The van der Waals surface area contributed by atoms with Gasteiger partial charge in [-0.1, -0.05) is 11.3 Å². The molecular formula is C16H24N4O2S+2. The SMILES string of the molecule is CC[NH+]1CC[NH+](CC(=O)Nc2nc3ccc(OC)cc3s2)CC1. The van der Waals surface area contributed by atoms with Gasteiger partial charge >= 0.3 is 0 Å². The van der Waals surface area contributed by atoms with Gasteiger partial charge in [-0.2, -0.15) is 0 Å². The zero-order valence-corrected chi connectivity index (χ0v) is 14.5. The van der Waals surface area contributed by atoms with E-state index in [0.29, 0.717) is 11.7 Å². The largest absolute Gasteiger partial charge is 0.497 e. The lowest BCUT2D eigenvalue weighted by molar-refractivity contribution is -1.01. The fraction of sp³-hybridized carbons (Fsp3) is 0.500. The van der Waals surface area contributed by atoms with Gasteiger partial charge in [-0.3, -0.25) is 10.1 Å². The van der Waals surface area contributed by atoms with Gasteiger partial charge in [-0.25, -0.2) is 4.98 Å². The molecule has 7 heteroatoms. The number of ether oxygens (including phenoxy) is 1. The summed E-state index contributed by atoms with van der Waals surface area (Å²) in [6.45, 7) is 8.35. The molecule has 124 valence electrons. The Morgan fingerprint density at radius 1 is 1.30 bits per heavy atom. The second-order valence-electron chi connectivity index (χ2n) is 5.93. The second-order valence-corrected chi connectivity index (χ2v) is 6.96. The molecule has 1 amide bonds. The van der Waals surface area contributed by atoms with Crippen molar-refractivity contribution in [3.05, 3.63) is 18.2 Å². The summed E-state index contributed by atoms with van der Waals surface area (Å²) in [5.74, 6) is 0.853. The average Bonchev–Trinajstić information content (AvgIpc) is 2.96. The Labute approximate surface area is 140 Å². The Morgan fingerprint density at radius 3 is 2.74 bits per heavy atom. The number of amides is 1. The number of methoxy groups -OCH3 is 1. The van der Waals surface area contributed by atoms with Crippen LogP contribution >= 0.6 is 11.3 Å². The number of likely N-dealkylation sites (N-methyl/N-ethyl adjacent to an activating group) is 1. The van der Waals surface area contributed by atoms with E-state index in [9.17, 15) is 4.79 Å². The van der Waals surface area contributed by atoms with Crippen molar-refractivity contribution < 1.29 is 19.3 Å². The van der Waals surface area contributed by atoms with E-state index in [-0.39, 0.29) is 5.91 Å². The van der Waals surface area contributed by atoms with Crippen LogP contribution in [0.2, 0.25) is 0 Å². The Bertz CT molecular complexity index is 680. The minimum absolute atomic E-state index is 0.0472. The van der Waals surface area contributed by atoms with Crippen LogP contribution in [-0.4, -0.2) is 57.3 Å². The molecule has 1 fully saturated rings. The molecule has 1 saturated heterocycles. The van der Waals surface area contributed by atoms with E-state index in [1.54, 1.807) is 12.0 Å². The molecule has 0 atom stereocenters. The lowest BCUT2D eigenvalue weighted by atomic mass is 10.3. The van der Waals surface area contributed by atoms with Gasteiger partial charge in [-0.15, -0.1) is 0 Å². The summed E-state index contributed by atoms with van der Waals surface area (Å²) in [7, 11) is 1.65. The predicted molar refractivity (Wildman–Crippen MR) is 91.6 cm³/mol. The van der Waals surface area contributed by atoms with E-state index < -0.39 is 0 Å². The number of anilines is 1. The number of nitrogens with one attached hydrogen (secondary N) is 3. The predicted octanol–water partition coefficient (Wildman–Crippen LogP) is -0.953. The lowest BCUT2D eigenvalue weighted by Gasteiger charge is -2.28. The second kappa shape index (κ2) is 7.25. The molecule has 2 heterocycles. The highest BCUT2D eigenvalue weighted by molar-refractivity contribution is 7.22. The lowest BCUT2D eigenvalue weighted by Crippen LogP contribution is -3.28. The van der Waals surface area contributed by atoms with E-state index in [4.69, 9.17) is 4.74 Å². The molecule has 0 radical (unpaired) electrons. The maximum atomic E-state index is 12.2. The highest BCUT2D eigenvalue weighted by atomic mass is 32.1. The molecule has 6 nitrogen and oxygen atoms in total. The van der Waals surface area contributed by atoms with Crippen LogP contribution in [0.1, 0.15) is 6.92 Å². The molecule has 23 heavy (non-hydrogen) atoms. The molecule has 1 aromatic carbocycles. The third kappa shape index (κ3) is 3.99. The summed E-state index contributed by atoms with van der Waals surface area (Å²) in [5, 5.41) is 3.60. The summed E-state index contributed by atoms with van der Waals surface area (Å²) in [6.07, 6.45) is 0. The first kappa shape index (κ1) is 16.2. The number of nitrogens with zero attached hydrogens (tertiary/aromatic N) is 1. The molecule has 1 aliphatic rings. The number of quaternary nitrogens is 2. The number of rotatable bonds is 5. The van der Waals surface area contributed by atoms with Crippen LogP contribution in [0, 0.1) is 0 Å². The third-order valence-electron chi connectivity index (χ3n) is 4.42. The summed E-state index contributed by atoms with van der Waals surface area (Å²) in [6, 6.07) is 5.74. The smallest absolute Gasteiger partial charge is 0.281 e. The van der Waals surface area contributed by atoms with Gasteiger partial charge in [0.05, 0.1) is 23.9 Å². The van der Waals surface area contributed by atoms with Crippen LogP contribution in [0.25, 0.3) is 10.2 Å². The van der Waals surface area contributed by atoms with Crippen LogP contribution in [0.15, 0.2) is 18.2 Å². The minimum atomic E-state index is 0.0472. The van der Waals surface area contributed by atoms with Crippen molar-refractivity contribution in [2.24, 2.45) is 0 Å². The normalized spacial score (nSPS) is 21.3. The molecule has 2 aromatic rings. The molecule has 3 N–H and O–H groups in total. The minimum Gasteiger partial charge on any atom is -0.497 e. The van der Waals surface area contributed by atoms with E-state index in [1.165, 1.54) is 22.8 Å². The van der Waals surface area contributed by atoms with Gasteiger partial charge in [0, 0.05) is 0 Å². The zero-order chi connectivity index (χ0) is 16.2. The van der Waals surface area contributed by atoms with Crippen LogP contribution in [0.5, 0.6) is 5.75 Å². The zero-order valence-electron chi connectivity index (χ0n) is 13.6. The Hall–Kier alpha value is -1.70. The van der Waals surface area contributed by atoms with Crippen LogP contribution in [0.4, 0.5) is 5.13 Å². The van der Waals surface area contributed by atoms with E-state index >= 15 is 0 Å². The van der Waals surface area contributed by atoms with Crippen molar-refractivity contribution >= 4 is 32.6 Å². The van der Waals surface area contributed by atoms with Crippen molar-refractivity contribution in [1.82, 2.24) is 4.98 Å². The number of fused-ring (bicyclic) bond motifs is 1. The molecule has 0 unspecified atom stereocenters. The fourth-order valence-corrected chi connectivity index (χ4v) is 3.87. The molecule has 1 aliphatic heterocycles. The number of hydrogen-bond acceptors (Lipinski definition) is 4. The number of thiazole rings is 1. The van der Waals surface area contributed by atoms with Crippen LogP contribution in [0.3, 0.4) is 0 Å². The highest BCUT2D eigenvalue weighted by Crippen LogP contribution is 2.28. The summed E-state index contributed by atoms with van der Waals surface area (Å²) in [5.41, 5.74) is 0.888. The highest BCUT2D eigenvalue weighted by Gasteiger charge is 2.23. The molecule has 0 aliphatic carbocycles. The number of piperazine rings is 1. The molecular weight excluding hydrogens is 312 g/mol. The quantitative estimate of drug-likeness (QED) is 0.660. The van der Waals surface area contributed by atoms with Gasteiger partial charge < -0.3 is 14.5 Å². The van der Waals surface area contributed by atoms with Gasteiger partial charge in [0.15, 0.2) is 11.7 Å². The number of carbonyl (C=O) groups excluding carboxylic acids is 1. The van der Waals surface area contributed by atoms with E-state index in [2.05, 4.69) is 17.2 Å². The standard InChI is InChI=1S/C16H22N4O2S/c1-3-19-6-8-20(9-7-19)11-15(21)18-16-17-13-5-4-12(22-2)10-14(13)23-16/h4-5,10H,3,6-9,11H2,1-2H3,(H,17,18,21)/p+2. The van der Waals surface area contributed by atoms with Crippen LogP contribution in [-0.2, 0) is 4.79 Å². The Balaban J connectivity index is 1.57. The van der Waals surface area contributed by atoms with Gasteiger partial charge in [0.1, 0.15) is 31.9 Å². The number of hydrogen-bond donors (Lipinski definition) is 3. The topological polar surface area (TPSA) is 60.1 Å². The van der Waals surface area contributed by atoms with Crippen molar-refractivity contribution in [2.75, 3.05) is 51.7 Å². The third-order valence-corrected chi connectivity index (χ3v) is 5.35. The molecule has 0 spiro atoms. The van der Waals surface area contributed by atoms with E-state index in [1.807, 2.05) is 18.2 Å². The summed E-state index contributed by atoms with van der Waals surface area (Å²) < 4.78 is 6.24. The first-order valence-corrected chi connectivity index (χ1v) is 8.91. The monoisotopic (exact) mass is 336 g/mol. The molecule has 3 rings (SSSR count). The van der Waals surface area contributed by atoms with Gasteiger partial charge in [0.25, 0.3) is 5.91 Å². The van der Waals surface area contributed by atoms with E-state index in [0.717, 1.165) is 42.1 Å². The Kier molecular flexibility index (Phi) is 5.09. The molecule has 0 saturated carbocycles. The van der Waals surface area contributed by atoms with Gasteiger partial charge in [0.2, 0.25) is 0 Å². The number of benzene rings is 1. The Morgan fingerprint density at radius 2 is 2.04 bits per heavy atom. The van der Waals surface area contributed by atoms with Crippen LogP contribution < -0.4 is 19.9 Å². The van der Waals surface area contributed by atoms with Crippen molar-refractivity contribution in [1.29, 1.82) is 0 Å². The summed E-state index contributed by atoms with van der Waals surface area (Å²) >= 11 is 1.48. The number of aromatic nitrogens is 1. The molecule has 1 aromatic heterocycles. The molecule has 0 bridgehead atoms. The van der Waals surface area contributed by atoms with Crippen molar-refractivity contribution in [2.45, 2.75) is 6.92 Å². The van der Waals surface area contributed by atoms with Crippen molar-refractivity contribution in [3.63, 3.8) is 0 Å². The maximum absolute atomic E-state index is 12.2. The van der Waals surface area contributed by atoms with Gasteiger partial charge in [-0.05, 0) is 25.1 Å².